The van der Waals surface area contributed by atoms with Crippen molar-refractivity contribution >= 4 is 0 Å². The molecule has 1 aromatic rings. The second-order valence-corrected chi connectivity index (χ2v) is 3.46. The van der Waals surface area contributed by atoms with Gasteiger partial charge in [-0.2, -0.15) is 0 Å². The SMILES string of the molecule is Cc1ccccc1C1OCC(CO)O1. The van der Waals surface area contributed by atoms with E-state index < -0.39 is 0 Å². The van der Waals surface area contributed by atoms with E-state index in [2.05, 4.69) is 0 Å². The van der Waals surface area contributed by atoms with Crippen LogP contribution in [-0.2, 0) is 9.47 Å². The first-order valence-electron chi connectivity index (χ1n) is 4.74. The molecule has 1 aliphatic rings. The number of aryl methyl sites for hydroxylation is 1. The molecular formula is C11H14O3. The second-order valence-electron chi connectivity index (χ2n) is 3.46. The summed E-state index contributed by atoms with van der Waals surface area (Å²) in [6, 6.07) is 7.95. The maximum absolute atomic E-state index is 8.90. The van der Waals surface area contributed by atoms with Crippen molar-refractivity contribution < 1.29 is 14.6 Å². The van der Waals surface area contributed by atoms with E-state index in [-0.39, 0.29) is 19.0 Å². The number of ether oxygens (including phenoxy) is 2. The summed E-state index contributed by atoms with van der Waals surface area (Å²) in [5.74, 6) is 0. The van der Waals surface area contributed by atoms with Crippen LogP contribution < -0.4 is 0 Å². The van der Waals surface area contributed by atoms with Crippen molar-refractivity contribution in [1.82, 2.24) is 0 Å². The van der Waals surface area contributed by atoms with E-state index in [9.17, 15) is 0 Å². The number of aliphatic hydroxyl groups is 1. The van der Waals surface area contributed by atoms with Gasteiger partial charge in [-0.15, -0.1) is 0 Å². The van der Waals surface area contributed by atoms with Crippen LogP contribution in [0.1, 0.15) is 17.4 Å². The van der Waals surface area contributed by atoms with Crippen molar-refractivity contribution in [3.05, 3.63) is 35.4 Å². The fourth-order valence-corrected chi connectivity index (χ4v) is 1.56. The van der Waals surface area contributed by atoms with Crippen LogP contribution in [0.3, 0.4) is 0 Å². The first kappa shape index (κ1) is 9.65. The maximum Gasteiger partial charge on any atom is 0.184 e. The molecule has 0 saturated carbocycles. The summed E-state index contributed by atoms with van der Waals surface area (Å²) in [6.07, 6.45) is -0.493. The lowest BCUT2D eigenvalue weighted by atomic mass is 10.1. The van der Waals surface area contributed by atoms with Crippen LogP contribution in [0.2, 0.25) is 0 Å². The molecule has 0 radical (unpaired) electrons. The fourth-order valence-electron chi connectivity index (χ4n) is 1.56. The zero-order chi connectivity index (χ0) is 9.97. The first-order chi connectivity index (χ1) is 6.81. The minimum atomic E-state index is -0.312. The Morgan fingerprint density at radius 3 is 2.86 bits per heavy atom. The van der Waals surface area contributed by atoms with Crippen molar-refractivity contribution in [3.8, 4) is 0 Å². The van der Waals surface area contributed by atoms with E-state index in [0.29, 0.717) is 6.61 Å². The molecule has 0 aromatic heterocycles. The largest absolute Gasteiger partial charge is 0.394 e. The third kappa shape index (κ3) is 1.80. The number of rotatable bonds is 2. The first-order valence-corrected chi connectivity index (χ1v) is 4.74. The van der Waals surface area contributed by atoms with Crippen LogP contribution in [-0.4, -0.2) is 24.4 Å². The Balaban J connectivity index is 2.13. The Kier molecular flexibility index (Phi) is 2.82. The van der Waals surface area contributed by atoms with Gasteiger partial charge in [-0.25, -0.2) is 0 Å². The van der Waals surface area contributed by atoms with Crippen LogP contribution >= 0.6 is 0 Å². The number of benzene rings is 1. The highest BCUT2D eigenvalue weighted by Gasteiger charge is 2.27. The molecular weight excluding hydrogens is 180 g/mol. The predicted molar refractivity (Wildman–Crippen MR) is 51.8 cm³/mol. The normalized spacial score (nSPS) is 26.7. The lowest BCUT2D eigenvalue weighted by molar-refractivity contribution is -0.0679. The van der Waals surface area contributed by atoms with Gasteiger partial charge in [0.05, 0.1) is 13.2 Å². The molecule has 2 rings (SSSR count). The van der Waals surface area contributed by atoms with E-state index in [0.717, 1.165) is 11.1 Å². The van der Waals surface area contributed by atoms with Crippen molar-refractivity contribution in [2.75, 3.05) is 13.2 Å². The fraction of sp³-hybridized carbons (Fsp3) is 0.455. The summed E-state index contributed by atoms with van der Waals surface area (Å²) < 4.78 is 10.9. The van der Waals surface area contributed by atoms with Crippen molar-refractivity contribution in [3.63, 3.8) is 0 Å². The van der Waals surface area contributed by atoms with Crippen LogP contribution in [0.25, 0.3) is 0 Å². The zero-order valence-electron chi connectivity index (χ0n) is 8.14. The summed E-state index contributed by atoms with van der Waals surface area (Å²) in [4.78, 5) is 0. The van der Waals surface area contributed by atoms with E-state index in [1.807, 2.05) is 31.2 Å². The van der Waals surface area contributed by atoms with Crippen LogP contribution in [0.4, 0.5) is 0 Å². The van der Waals surface area contributed by atoms with Crippen molar-refractivity contribution in [2.24, 2.45) is 0 Å². The molecule has 1 saturated heterocycles. The molecule has 1 aromatic carbocycles. The lowest BCUT2D eigenvalue weighted by Gasteiger charge is -2.12. The Morgan fingerprint density at radius 1 is 1.43 bits per heavy atom. The van der Waals surface area contributed by atoms with Gasteiger partial charge in [0.25, 0.3) is 0 Å². The zero-order valence-corrected chi connectivity index (χ0v) is 8.14. The van der Waals surface area contributed by atoms with Gasteiger partial charge in [0.2, 0.25) is 0 Å². The van der Waals surface area contributed by atoms with Gasteiger partial charge in [-0.3, -0.25) is 0 Å². The van der Waals surface area contributed by atoms with Gasteiger partial charge >= 0.3 is 0 Å². The Labute approximate surface area is 83.3 Å². The monoisotopic (exact) mass is 194 g/mol. The molecule has 0 aliphatic carbocycles. The van der Waals surface area contributed by atoms with Gasteiger partial charge < -0.3 is 14.6 Å². The topological polar surface area (TPSA) is 38.7 Å². The molecule has 0 amide bonds. The highest BCUT2D eigenvalue weighted by Crippen LogP contribution is 2.28. The molecule has 76 valence electrons. The maximum atomic E-state index is 8.90. The molecule has 1 aliphatic heterocycles. The molecule has 1 heterocycles. The minimum absolute atomic E-state index is 0.0163. The third-order valence-corrected chi connectivity index (χ3v) is 2.40. The molecule has 14 heavy (non-hydrogen) atoms. The Bertz CT molecular complexity index is 311. The third-order valence-electron chi connectivity index (χ3n) is 2.40. The number of hydrogen-bond acceptors (Lipinski definition) is 3. The van der Waals surface area contributed by atoms with E-state index in [1.165, 1.54) is 0 Å². The lowest BCUT2D eigenvalue weighted by Crippen LogP contribution is -2.14. The highest BCUT2D eigenvalue weighted by atomic mass is 16.7. The number of hydrogen-bond donors (Lipinski definition) is 1. The van der Waals surface area contributed by atoms with Gasteiger partial charge in [0, 0.05) is 5.56 Å². The molecule has 2 unspecified atom stereocenters. The van der Waals surface area contributed by atoms with Gasteiger partial charge in [-0.05, 0) is 12.5 Å². The predicted octanol–water partition coefficient (Wildman–Crippen LogP) is 1.40. The summed E-state index contributed by atoms with van der Waals surface area (Å²) in [5, 5.41) is 8.90. The molecule has 3 nitrogen and oxygen atoms in total. The molecule has 1 fully saturated rings. The van der Waals surface area contributed by atoms with Crippen LogP contribution in [0.5, 0.6) is 0 Å². The quantitative estimate of drug-likeness (QED) is 0.773. The minimum Gasteiger partial charge on any atom is -0.394 e. The molecule has 2 atom stereocenters. The molecule has 3 heteroatoms. The number of aliphatic hydroxyl groups excluding tert-OH is 1. The second kappa shape index (κ2) is 4.09. The van der Waals surface area contributed by atoms with Gasteiger partial charge in [-0.1, -0.05) is 24.3 Å². The molecule has 0 bridgehead atoms. The summed E-state index contributed by atoms with van der Waals surface area (Å²) in [5.41, 5.74) is 2.19. The summed E-state index contributed by atoms with van der Waals surface area (Å²) in [7, 11) is 0. The smallest absolute Gasteiger partial charge is 0.184 e. The molecule has 0 spiro atoms. The van der Waals surface area contributed by atoms with Crippen molar-refractivity contribution in [1.29, 1.82) is 0 Å². The average Bonchev–Trinajstić information content (AvgIpc) is 2.67. The van der Waals surface area contributed by atoms with Crippen LogP contribution in [0, 0.1) is 6.92 Å². The van der Waals surface area contributed by atoms with Gasteiger partial charge in [0.15, 0.2) is 6.29 Å². The average molecular weight is 194 g/mol. The Morgan fingerprint density at radius 2 is 2.21 bits per heavy atom. The van der Waals surface area contributed by atoms with E-state index in [1.54, 1.807) is 0 Å². The Hall–Kier alpha value is -0.900. The van der Waals surface area contributed by atoms with Gasteiger partial charge in [0.1, 0.15) is 6.10 Å². The standard InChI is InChI=1S/C11H14O3/c1-8-4-2-3-5-10(8)11-13-7-9(6-12)14-11/h2-5,9,11-12H,6-7H2,1H3. The van der Waals surface area contributed by atoms with Crippen molar-refractivity contribution in [2.45, 2.75) is 19.3 Å². The summed E-state index contributed by atoms with van der Waals surface area (Å²) in [6.45, 7) is 2.51. The van der Waals surface area contributed by atoms with E-state index in [4.69, 9.17) is 14.6 Å². The molecule has 1 N–H and O–H groups in total. The van der Waals surface area contributed by atoms with E-state index >= 15 is 0 Å². The van der Waals surface area contributed by atoms with Crippen LogP contribution in [0.15, 0.2) is 24.3 Å². The highest BCUT2D eigenvalue weighted by molar-refractivity contribution is 5.26. The summed E-state index contributed by atoms with van der Waals surface area (Å²) >= 11 is 0.